The Balaban J connectivity index is 1.98. The summed E-state index contributed by atoms with van der Waals surface area (Å²) in [5, 5.41) is 21.1. The van der Waals surface area contributed by atoms with E-state index >= 15 is 0 Å². The van der Waals surface area contributed by atoms with Gasteiger partial charge in [-0.05, 0) is 55.1 Å². The monoisotopic (exact) mass is 313 g/mol. The molecule has 4 heteroatoms. The zero-order chi connectivity index (χ0) is 16.4. The summed E-state index contributed by atoms with van der Waals surface area (Å²) >= 11 is 0. The molecule has 4 nitrogen and oxygen atoms in total. The summed E-state index contributed by atoms with van der Waals surface area (Å²) < 4.78 is 0. The average molecular weight is 313 g/mol. The highest BCUT2D eigenvalue weighted by molar-refractivity contribution is 5.96. The third kappa shape index (κ3) is 1.91. The Kier molecular flexibility index (Phi) is 3.11. The molecule has 1 fully saturated rings. The first-order chi connectivity index (χ1) is 10.9. The minimum Gasteiger partial charge on any atom is -0.507 e. The van der Waals surface area contributed by atoms with Gasteiger partial charge in [-0.1, -0.05) is 25.1 Å². The lowest BCUT2D eigenvalue weighted by Gasteiger charge is -2.56. The molecule has 0 saturated heterocycles. The molecule has 4 rings (SSSR count). The van der Waals surface area contributed by atoms with Gasteiger partial charge in [-0.2, -0.15) is 0 Å². The highest BCUT2D eigenvalue weighted by Crippen LogP contribution is 2.60. The number of phenols is 1. The molecule has 4 unspecified atom stereocenters. The Morgan fingerprint density at radius 2 is 2.13 bits per heavy atom. The maximum absolute atomic E-state index is 11.7. The van der Waals surface area contributed by atoms with Gasteiger partial charge in [-0.25, -0.2) is 0 Å². The molecule has 5 atom stereocenters. The Bertz CT molecular complexity index is 711. The number of hydrogen-bond donors (Lipinski definition) is 3. The van der Waals surface area contributed by atoms with Crippen LogP contribution in [-0.4, -0.2) is 22.2 Å². The minimum atomic E-state index is -0.601. The highest BCUT2D eigenvalue weighted by atomic mass is 16.3. The Morgan fingerprint density at radius 3 is 2.87 bits per heavy atom. The first kappa shape index (κ1) is 14.8. The number of amides is 1. The van der Waals surface area contributed by atoms with Gasteiger partial charge in [0.05, 0.1) is 11.7 Å². The highest BCUT2D eigenvalue weighted by Gasteiger charge is 2.55. The predicted molar refractivity (Wildman–Crippen MR) is 87.1 cm³/mol. The van der Waals surface area contributed by atoms with Crippen molar-refractivity contribution < 1.29 is 15.0 Å². The van der Waals surface area contributed by atoms with Gasteiger partial charge < -0.3 is 15.9 Å². The summed E-state index contributed by atoms with van der Waals surface area (Å²) in [6.07, 6.45) is 7.08. The second kappa shape index (κ2) is 4.84. The van der Waals surface area contributed by atoms with Crippen molar-refractivity contribution in [2.45, 2.75) is 44.1 Å². The van der Waals surface area contributed by atoms with Crippen molar-refractivity contribution in [1.82, 2.24) is 0 Å². The number of carbonyl (C=O) groups is 1. The number of rotatable bonds is 1. The third-order valence-electron chi connectivity index (χ3n) is 6.47. The standard InChI is InChI=1S/C19H23NO3/c1-10-6-7-19-9-12(21)3-5-15(19)14(10)8-11-2-4-13(18(20)23)17(22)16(11)19/h2-5,10,12,14-15,21-22H,6-9H2,1H3,(H2,20,23)/t10?,12?,14-,15?,19?/m0/s1. The molecular weight excluding hydrogens is 290 g/mol. The largest absolute Gasteiger partial charge is 0.507 e. The first-order valence-electron chi connectivity index (χ1n) is 8.45. The average Bonchev–Trinajstić information content (AvgIpc) is 2.50. The van der Waals surface area contributed by atoms with E-state index in [2.05, 4.69) is 13.0 Å². The Labute approximate surface area is 136 Å². The van der Waals surface area contributed by atoms with Crippen LogP contribution in [0.5, 0.6) is 5.75 Å². The maximum atomic E-state index is 11.7. The van der Waals surface area contributed by atoms with Gasteiger partial charge in [0.2, 0.25) is 0 Å². The normalized spacial score (nSPS) is 37.8. The lowest BCUT2D eigenvalue weighted by Crippen LogP contribution is -2.52. The molecule has 2 bridgehead atoms. The van der Waals surface area contributed by atoms with Gasteiger partial charge in [0.15, 0.2) is 0 Å². The summed E-state index contributed by atoms with van der Waals surface area (Å²) in [6, 6.07) is 3.59. The van der Waals surface area contributed by atoms with Crippen LogP contribution in [0.15, 0.2) is 24.3 Å². The van der Waals surface area contributed by atoms with Gasteiger partial charge in [0.1, 0.15) is 5.75 Å². The Hall–Kier alpha value is -1.81. The summed E-state index contributed by atoms with van der Waals surface area (Å²) in [5.74, 6) is 0.904. The smallest absolute Gasteiger partial charge is 0.252 e. The van der Waals surface area contributed by atoms with Crippen LogP contribution in [0.3, 0.4) is 0 Å². The number of aromatic hydroxyl groups is 1. The maximum Gasteiger partial charge on any atom is 0.252 e. The van der Waals surface area contributed by atoms with Crippen LogP contribution >= 0.6 is 0 Å². The molecule has 0 heterocycles. The predicted octanol–water partition coefficient (Wildman–Crippen LogP) is 2.27. The number of benzene rings is 1. The first-order valence-corrected chi connectivity index (χ1v) is 8.45. The molecule has 122 valence electrons. The van der Waals surface area contributed by atoms with Gasteiger partial charge in [0, 0.05) is 11.0 Å². The van der Waals surface area contributed by atoms with Crippen molar-refractivity contribution in [2.75, 3.05) is 0 Å². The molecule has 1 saturated carbocycles. The van der Waals surface area contributed by atoms with E-state index in [-0.39, 0.29) is 16.7 Å². The number of aliphatic hydroxyl groups excluding tert-OH is 1. The molecule has 0 aliphatic heterocycles. The number of allylic oxidation sites excluding steroid dienone is 1. The summed E-state index contributed by atoms with van der Waals surface area (Å²) in [5.41, 5.74) is 7.33. The van der Waals surface area contributed by atoms with E-state index in [1.807, 2.05) is 12.1 Å². The Morgan fingerprint density at radius 1 is 1.35 bits per heavy atom. The van der Waals surface area contributed by atoms with Crippen molar-refractivity contribution in [2.24, 2.45) is 23.5 Å². The van der Waals surface area contributed by atoms with E-state index in [4.69, 9.17) is 5.73 Å². The fourth-order valence-corrected chi connectivity index (χ4v) is 5.42. The molecule has 23 heavy (non-hydrogen) atoms. The zero-order valence-electron chi connectivity index (χ0n) is 13.3. The summed E-state index contributed by atoms with van der Waals surface area (Å²) in [4.78, 5) is 11.7. The van der Waals surface area contributed by atoms with Crippen LogP contribution in [-0.2, 0) is 11.8 Å². The number of carbonyl (C=O) groups excluding carboxylic acids is 1. The lowest BCUT2D eigenvalue weighted by molar-refractivity contribution is 0.0343. The van der Waals surface area contributed by atoms with Crippen molar-refractivity contribution in [3.8, 4) is 5.75 Å². The number of nitrogens with two attached hydrogens (primary N) is 1. The van der Waals surface area contributed by atoms with Crippen molar-refractivity contribution in [1.29, 1.82) is 0 Å². The number of primary amides is 1. The second-order valence-corrected chi connectivity index (χ2v) is 7.58. The van der Waals surface area contributed by atoms with Crippen LogP contribution in [0.4, 0.5) is 0 Å². The topological polar surface area (TPSA) is 83.5 Å². The zero-order valence-corrected chi connectivity index (χ0v) is 13.3. The quantitative estimate of drug-likeness (QED) is 0.695. The minimum absolute atomic E-state index is 0.0375. The number of fused-ring (bicyclic) bond motifs is 1. The second-order valence-electron chi connectivity index (χ2n) is 7.58. The van der Waals surface area contributed by atoms with Crippen molar-refractivity contribution >= 4 is 5.91 Å². The van der Waals surface area contributed by atoms with Crippen molar-refractivity contribution in [3.05, 3.63) is 41.0 Å². The number of aliphatic hydroxyl groups is 1. The fourth-order valence-electron chi connectivity index (χ4n) is 5.42. The van der Waals surface area contributed by atoms with Crippen LogP contribution in [0, 0.1) is 17.8 Å². The molecule has 0 radical (unpaired) electrons. The van der Waals surface area contributed by atoms with Gasteiger partial charge in [-0.3, -0.25) is 4.79 Å². The van der Waals surface area contributed by atoms with Crippen LogP contribution in [0.1, 0.15) is 47.7 Å². The molecule has 3 aliphatic carbocycles. The van der Waals surface area contributed by atoms with E-state index in [9.17, 15) is 15.0 Å². The number of hydrogen-bond acceptors (Lipinski definition) is 3. The molecule has 1 amide bonds. The summed E-state index contributed by atoms with van der Waals surface area (Å²) in [6.45, 7) is 2.30. The molecule has 3 aliphatic rings. The fraction of sp³-hybridized carbons (Fsp3) is 0.526. The molecule has 1 aromatic carbocycles. The molecule has 1 aromatic rings. The van der Waals surface area contributed by atoms with Crippen LogP contribution in [0.2, 0.25) is 0 Å². The van der Waals surface area contributed by atoms with Gasteiger partial charge in [-0.15, -0.1) is 0 Å². The van der Waals surface area contributed by atoms with E-state index in [0.29, 0.717) is 24.2 Å². The van der Waals surface area contributed by atoms with E-state index in [0.717, 1.165) is 30.4 Å². The van der Waals surface area contributed by atoms with E-state index in [1.54, 1.807) is 6.07 Å². The lowest BCUT2D eigenvalue weighted by atomic mass is 9.48. The molecular formula is C19H23NO3. The third-order valence-corrected chi connectivity index (χ3v) is 6.47. The van der Waals surface area contributed by atoms with Crippen molar-refractivity contribution in [3.63, 3.8) is 0 Å². The molecule has 4 N–H and O–H groups in total. The van der Waals surface area contributed by atoms with Crippen LogP contribution < -0.4 is 5.73 Å². The summed E-state index contributed by atoms with van der Waals surface area (Å²) in [7, 11) is 0. The molecule has 0 aromatic heterocycles. The van der Waals surface area contributed by atoms with E-state index in [1.165, 1.54) is 0 Å². The van der Waals surface area contributed by atoms with E-state index < -0.39 is 12.0 Å². The SMILES string of the molecule is CC1CCC23CC(O)C=CC2[C@H]1Cc1ccc(C(N)=O)c(O)c13. The van der Waals surface area contributed by atoms with Gasteiger partial charge >= 0.3 is 0 Å². The van der Waals surface area contributed by atoms with Crippen LogP contribution in [0.25, 0.3) is 0 Å². The molecule has 0 spiro atoms. The van der Waals surface area contributed by atoms with Gasteiger partial charge in [0.25, 0.3) is 5.91 Å².